The van der Waals surface area contributed by atoms with Crippen LogP contribution >= 0.6 is 0 Å². The van der Waals surface area contributed by atoms with Gasteiger partial charge in [0.25, 0.3) is 0 Å². The molecule has 0 radical (unpaired) electrons. The van der Waals surface area contributed by atoms with Crippen LogP contribution in [0.15, 0.2) is 109 Å². The summed E-state index contributed by atoms with van der Waals surface area (Å²) in [4.78, 5) is 41.1. The van der Waals surface area contributed by atoms with Crippen molar-refractivity contribution in [3.05, 3.63) is 131 Å². The van der Waals surface area contributed by atoms with Crippen LogP contribution in [-0.2, 0) is 35.5 Å². The topological polar surface area (TPSA) is 95.7 Å². The molecule has 264 valence electrons. The molecule has 6 aromatic rings. The minimum atomic E-state index is 0.119. The number of fused-ring (bicyclic) bond motifs is 6. The Hall–Kier alpha value is -5.76. The SMILES string of the molecule is CC(C)CN1C(=O)Cc2c(N(Cc3ccccc3)Cc3ccccc3)nc3ccccc3c21.CC(C)CN1C(=O)Cc2c(N)nc3ccccc3c21. The van der Waals surface area contributed by atoms with Crippen molar-refractivity contribution in [2.45, 2.75) is 53.6 Å². The predicted molar refractivity (Wildman–Crippen MR) is 212 cm³/mol. The largest absolute Gasteiger partial charge is 0.383 e. The summed E-state index contributed by atoms with van der Waals surface area (Å²) < 4.78 is 0. The van der Waals surface area contributed by atoms with Gasteiger partial charge in [0.05, 0.1) is 35.2 Å². The molecule has 0 saturated carbocycles. The number of pyridine rings is 2. The first-order valence-electron chi connectivity index (χ1n) is 18.2. The van der Waals surface area contributed by atoms with E-state index in [0.717, 1.165) is 76.3 Å². The van der Waals surface area contributed by atoms with Crippen molar-refractivity contribution in [2.24, 2.45) is 11.8 Å². The molecule has 2 aromatic heterocycles. The molecule has 8 rings (SSSR count). The van der Waals surface area contributed by atoms with E-state index in [1.165, 1.54) is 11.1 Å². The number of hydrogen-bond acceptors (Lipinski definition) is 6. The molecule has 0 bridgehead atoms. The Morgan fingerprint density at radius 2 is 1.02 bits per heavy atom. The first kappa shape index (κ1) is 34.7. The zero-order valence-corrected chi connectivity index (χ0v) is 30.4. The van der Waals surface area contributed by atoms with Crippen LogP contribution in [-0.4, -0.2) is 34.9 Å². The highest BCUT2D eigenvalue weighted by Gasteiger charge is 2.35. The second-order valence-electron chi connectivity index (χ2n) is 14.6. The molecule has 2 aliphatic heterocycles. The lowest BCUT2D eigenvalue weighted by molar-refractivity contribution is -0.118. The van der Waals surface area contributed by atoms with E-state index < -0.39 is 0 Å². The molecular weight excluding hydrogens is 645 g/mol. The number of nitrogens with two attached hydrogens (primary N) is 1. The quantitative estimate of drug-likeness (QED) is 0.164. The molecule has 0 saturated heterocycles. The smallest absolute Gasteiger partial charge is 0.231 e. The summed E-state index contributed by atoms with van der Waals surface area (Å²) in [7, 11) is 0. The van der Waals surface area contributed by atoms with Crippen LogP contribution in [0.1, 0.15) is 49.9 Å². The lowest BCUT2D eigenvalue weighted by Crippen LogP contribution is -2.30. The second-order valence-corrected chi connectivity index (χ2v) is 14.6. The Morgan fingerprint density at radius 1 is 0.596 bits per heavy atom. The molecule has 2 N–H and O–H groups in total. The van der Waals surface area contributed by atoms with Crippen molar-refractivity contribution >= 4 is 56.6 Å². The fourth-order valence-electron chi connectivity index (χ4n) is 7.36. The number of amides is 2. The van der Waals surface area contributed by atoms with Gasteiger partial charge in [0, 0.05) is 48.1 Å². The highest BCUT2D eigenvalue weighted by Crippen LogP contribution is 2.42. The standard InChI is InChI=1S/C29H29N3O.C15H17N3O/c1-21(2)18-32-27(33)17-25-28(32)24-15-9-10-16-26(24)30-29(25)31(19-22-11-5-3-6-12-22)20-23-13-7-4-8-14-23;1-9(2)8-18-13(19)7-11-14(18)10-5-3-4-6-12(10)17-15(11)16/h3-16,21H,17-20H2,1-2H3;3-6,9H,7-8H2,1-2H3,(H2,16,17). The summed E-state index contributed by atoms with van der Waals surface area (Å²) in [5, 5.41) is 2.07. The molecule has 0 atom stereocenters. The predicted octanol–water partition coefficient (Wildman–Crippen LogP) is 8.35. The van der Waals surface area contributed by atoms with E-state index in [-0.39, 0.29) is 11.8 Å². The van der Waals surface area contributed by atoms with Crippen molar-refractivity contribution in [2.75, 3.05) is 33.5 Å². The summed E-state index contributed by atoms with van der Waals surface area (Å²) >= 11 is 0. The van der Waals surface area contributed by atoms with Crippen LogP contribution in [0.25, 0.3) is 21.8 Å². The first-order chi connectivity index (χ1) is 25.2. The average Bonchev–Trinajstić information content (AvgIpc) is 3.64. The van der Waals surface area contributed by atoms with E-state index in [1.54, 1.807) is 0 Å². The maximum Gasteiger partial charge on any atom is 0.231 e. The van der Waals surface area contributed by atoms with Crippen molar-refractivity contribution in [3.8, 4) is 0 Å². The summed E-state index contributed by atoms with van der Waals surface area (Å²) in [5.74, 6) is 2.48. The van der Waals surface area contributed by atoms with E-state index in [9.17, 15) is 9.59 Å². The fourth-order valence-corrected chi connectivity index (χ4v) is 7.36. The van der Waals surface area contributed by atoms with Crippen molar-refractivity contribution in [3.63, 3.8) is 0 Å². The molecule has 0 spiro atoms. The van der Waals surface area contributed by atoms with Crippen LogP contribution < -0.4 is 20.4 Å². The highest BCUT2D eigenvalue weighted by atomic mass is 16.2. The summed E-state index contributed by atoms with van der Waals surface area (Å²) in [5.41, 5.74) is 14.2. The molecule has 0 fully saturated rings. The molecule has 2 aliphatic rings. The average molecular weight is 691 g/mol. The number of para-hydroxylation sites is 2. The van der Waals surface area contributed by atoms with Gasteiger partial charge in [-0.05, 0) is 35.1 Å². The van der Waals surface area contributed by atoms with Gasteiger partial charge in [-0.2, -0.15) is 0 Å². The Kier molecular flexibility index (Phi) is 9.90. The Morgan fingerprint density at radius 3 is 1.52 bits per heavy atom. The fraction of sp³-hybridized carbons (Fsp3) is 0.273. The maximum absolute atomic E-state index is 13.2. The van der Waals surface area contributed by atoms with Crippen LogP contribution in [0, 0.1) is 11.8 Å². The number of anilines is 4. The third-order valence-corrected chi connectivity index (χ3v) is 9.56. The maximum atomic E-state index is 13.2. The van der Waals surface area contributed by atoms with E-state index in [2.05, 4.69) is 98.2 Å². The van der Waals surface area contributed by atoms with E-state index in [4.69, 9.17) is 10.7 Å². The monoisotopic (exact) mass is 690 g/mol. The minimum absolute atomic E-state index is 0.119. The zero-order valence-electron chi connectivity index (χ0n) is 30.4. The summed E-state index contributed by atoms with van der Waals surface area (Å²) in [6.45, 7) is 11.4. The van der Waals surface area contributed by atoms with E-state index >= 15 is 0 Å². The van der Waals surface area contributed by atoms with Crippen molar-refractivity contribution in [1.29, 1.82) is 0 Å². The van der Waals surface area contributed by atoms with Crippen LogP contribution in [0.2, 0.25) is 0 Å². The Labute approximate surface area is 305 Å². The van der Waals surface area contributed by atoms with Crippen molar-refractivity contribution < 1.29 is 9.59 Å². The van der Waals surface area contributed by atoms with Gasteiger partial charge < -0.3 is 20.4 Å². The number of rotatable bonds is 9. The number of nitrogen functional groups attached to an aromatic ring is 1. The number of carbonyl (C=O) groups is 2. The number of benzene rings is 4. The lowest BCUT2D eigenvalue weighted by atomic mass is 10.1. The second kappa shape index (κ2) is 14.8. The molecule has 52 heavy (non-hydrogen) atoms. The van der Waals surface area contributed by atoms with Gasteiger partial charge >= 0.3 is 0 Å². The Bertz CT molecular complexity index is 2190. The summed E-state index contributed by atoms with van der Waals surface area (Å²) in [6, 6.07) is 37.0. The summed E-state index contributed by atoms with van der Waals surface area (Å²) in [6.07, 6.45) is 0.765. The van der Waals surface area contributed by atoms with Gasteiger partial charge in [-0.1, -0.05) is 125 Å². The van der Waals surface area contributed by atoms with Gasteiger partial charge in [-0.25, -0.2) is 9.97 Å². The number of hydrogen-bond donors (Lipinski definition) is 1. The zero-order chi connectivity index (χ0) is 36.4. The van der Waals surface area contributed by atoms with Gasteiger partial charge in [-0.3, -0.25) is 9.59 Å². The molecule has 0 unspecified atom stereocenters. The number of nitrogens with zero attached hydrogens (tertiary/aromatic N) is 5. The number of aromatic nitrogens is 2. The molecule has 0 aliphatic carbocycles. The normalized spacial score (nSPS) is 13.6. The third kappa shape index (κ3) is 7.06. The third-order valence-electron chi connectivity index (χ3n) is 9.56. The molecule has 4 aromatic carbocycles. The van der Waals surface area contributed by atoms with Crippen LogP contribution in [0.5, 0.6) is 0 Å². The first-order valence-corrected chi connectivity index (χ1v) is 18.2. The molecular formula is C44H46N6O2. The molecule has 2 amide bonds. The van der Waals surface area contributed by atoms with Gasteiger partial charge in [0.2, 0.25) is 11.8 Å². The molecule has 4 heterocycles. The lowest BCUT2D eigenvalue weighted by Gasteiger charge is -2.28. The van der Waals surface area contributed by atoms with E-state index in [0.29, 0.717) is 30.5 Å². The van der Waals surface area contributed by atoms with Gasteiger partial charge in [0.15, 0.2) is 0 Å². The van der Waals surface area contributed by atoms with Crippen molar-refractivity contribution in [1.82, 2.24) is 9.97 Å². The highest BCUT2D eigenvalue weighted by molar-refractivity contribution is 6.12. The van der Waals surface area contributed by atoms with Crippen LogP contribution in [0.3, 0.4) is 0 Å². The molecule has 8 nitrogen and oxygen atoms in total. The minimum Gasteiger partial charge on any atom is -0.383 e. The molecule has 8 heteroatoms. The van der Waals surface area contributed by atoms with Gasteiger partial charge in [-0.15, -0.1) is 0 Å². The Balaban J connectivity index is 0.000000187. The van der Waals surface area contributed by atoms with Crippen LogP contribution in [0.4, 0.5) is 23.0 Å². The number of carbonyl (C=O) groups excluding carboxylic acids is 2. The van der Waals surface area contributed by atoms with Gasteiger partial charge in [0.1, 0.15) is 11.6 Å². The van der Waals surface area contributed by atoms with E-state index in [1.807, 2.05) is 58.3 Å².